The highest BCUT2D eigenvalue weighted by molar-refractivity contribution is 6.32. The minimum absolute atomic E-state index is 0.0589. The summed E-state index contributed by atoms with van der Waals surface area (Å²) in [4.78, 5) is 27.7. The lowest BCUT2D eigenvalue weighted by atomic mass is 9.78. The van der Waals surface area contributed by atoms with Crippen molar-refractivity contribution in [2.45, 2.75) is 39.2 Å². The van der Waals surface area contributed by atoms with Gasteiger partial charge in [0.05, 0.1) is 5.69 Å². The number of hydrogen-bond acceptors (Lipinski definition) is 3. The third-order valence-electron chi connectivity index (χ3n) is 6.38. The summed E-state index contributed by atoms with van der Waals surface area (Å²) in [6.07, 6.45) is 4.90. The molecule has 0 unspecified atom stereocenters. The Morgan fingerprint density at radius 3 is 2.71 bits per heavy atom. The lowest BCUT2D eigenvalue weighted by molar-refractivity contribution is -0.124. The Morgan fingerprint density at radius 1 is 1.16 bits per heavy atom. The molecule has 2 aromatic carbocycles. The highest BCUT2D eigenvalue weighted by Crippen LogP contribution is 2.36. The van der Waals surface area contributed by atoms with Gasteiger partial charge in [-0.1, -0.05) is 68.6 Å². The van der Waals surface area contributed by atoms with Crippen LogP contribution in [0, 0.1) is 11.8 Å². The number of hydrogen-bond donors (Lipinski definition) is 1. The summed E-state index contributed by atoms with van der Waals surface area (Å²) in [6.45, 7) is 4.36. The number of halogens is 1. The summed E-state index contributed by atoms with van der Waals surface area (Å²) in [5.41, 5.74) is 1.27. The van der Waals surface area contributed by atoms with Crippen molar-refractivity contribution in [3.63, 3.8) is 0 Å². The van der Waals surface area contributed by atoms with Gasteiger partial charge in [0.1, 0.15) is 6.54 Å². The number of para-hydroxylation sites is 2. The van der Waals surface area contributed by atoms with Crippen LogP contribution in [-0.2, 0) is 9.59 Å². The summed E-state index contributed by atoms with van der Waals surface area (Å²) >= 11 is 6.26. The maximum Gasteiger partial charge on any atom is 0.294 e. The van der Waals surface area contributed by atoms with E-state index < -0.39 is 0 Å². The van der Waals surface area contributed by atoms with Gasteiger partial charge in [-0.3, -0.25) is 14.5 Å². The van der Waals surface area contributed by atoms with E-state index in [1.807, 2.05) is 30.3 Å². The van der Waals surface area contributed by atoms with Crippen LogP contribution < -0.4 is 15.0 Å². The molecule has 1 heterocycles. The maximum absolute atomic E-state index is 13.3. The van der Waals surface area contributed by atoms with Crippen LogP contribution in [0.4, 0.5) is 5.69 Å². The summed E-state index contributed by atoms with van der Waals surface area (Å²) in [7, 11) is 0. The predicted molar refractivity (Wildman–Crippen MR) is 123 cm³/mol. The van der Waals surface area contributed by atoms with Crippen molar-refractivity contribution < 1.29 is 14.3 Å². The zero-order valence-electron chi connectivity index (χ0n) is 17.8. The van der Waals surface area contributed by atoms with Crippen LogP contribution in [0.3, 0.4) is 0 Å². The van der Waals surface area contributed by atoms with Gasteiger partial charge in [0.25, 0.3) is 5.91 Å². The summed E-state index contributed by atoms with van der Waals surface area (Å²) in [6, 6.07) is 14.6. The molecule has 162 valence electrons. The molecular weight excluding hydrogens is 412 g/mol. The smallest absolute Gasteiger partial charge is 0.294 e. The lowest BCUT2D eigenvalue weighted by Crippen LogP contribution is -2.49. The summed E-state index contributed by atoms with van der Waals surface area (Å²) in [5, 5.41) is 3.68. The van der Waals surface area contributed by atoms with Crippen LogP contribution in [0.2, 0.25) is 5.02 Å². The Balaban J connectivity index is 1.58. The Hall–Kier alpha value is -2.79. The Kier molecular flexibility index (Phi) is 6.33. The van der Waals surface area contributed by atoms with E-state index >= 15 is 0 Å². The second-order valence-corrected chi connectivity index (χ2v) is 8.84. The van der Waals surface area contributed by atoms with Crippen LogP contribution in [0.1, 0.15) is 38.7 Å². The molecule has 0 bridgehead atoms. The first-order valence-electron chi connectivity index (χ1n) is 10.8. The molecule has 2 aliphatic rings. The Morgan fingerprint density at radius 2 is 1.90 bits per heavy atom. The minimum Gasteiger partial charge on any atom is -0.449 e. The second kappa shape index (κ2) is 9.15. The molecule has 0 saturated heterocycles. The van der Waals surface area contributed by atoms with E-state index in [1.54, 1.807) is 24.3 Å². The molecule has 1 aliphatic carbocycles. The molecule has 1 aliphatic heterocycles. The van der Waals surface area contributed by atoms with Crippen molar-refractivity contribution in [3.05, 3.63) is 64.9 Å². The minimum atomic E-state index is -0.362. The van der Waals surface area contributed by atoms with Gasteiger partial charge in [-0.25, -0.2) is 0 Å². The van der Waals surface area contributed by atoms with Gasteiger partial charge in [0, 0.05) is 11.1 Å². The van der Waals surface area contributed by atoms with Crippen molar-refractivity contribution in [1.82, 2.24) is 5.32 Å². The molecule has 0 spiro atoms. The molecule has 3 atom stereocenters. The molecule has 4 rings (SSSR count). The average Bonchev–Trinajstić information content (AvgIpc) is 2.76. The highest BCUT2D eigenvalue weighted by atomic mass is 35.5. The standard InChI is InChI=1S/C25H27ClN2O3/c1-16-8-7-11-20(17(16)2)27-24(29)15-28-21-12-5-6-13-22(21)31-23(25(28)30)14-18-9-3-4-10-19(18)26/h3-6,9-10,12-14,16-17,20H,7-8,11,15H2,1-2H3,(H,27,29)/b23-14+/t16-,17+,20-/m1/s1. The number of fused-ring (bicyclic) bond motifs is 1. The highest BCUT2D eigenvalue weighted by Gasteiger charge is 2.33. The third-order valence-corrected chi connectivity index (χ3v) is 6.72. The van der Waals surface area contributed by atoms with Crippen LogP contribution in [-0.4, -0.2) is 24.4 Å². The fraction of sp³-hybridized carbons (Fsp3) is 0.360. The molecule has 1 saturated carbocycles. The van der Waals surface area contributed by atoms with Crippen LogP contribution in [0.25, 0.3) is 6.08 Å². The van der Waals surface area contributed by atoms with E-state index in [0.29, 0.717) is 33.9 Å². The van der Waals surface area contributed by atoms with Gasteiger partial charge in [-0.2, -0.15) is 0 Å². The number of nitrogens with one attached hydrogen (secondary N) is 1. The number of ether oxygens (including phenoxy) is 1. The van der Waals surface area contributed by atoms with Gasteiger partial charge >= 0.3 is 0 Å². The van der Waals surface area contributed by atoms with Gasteiger partial charge < -0.3 is 10.1 Å². The Bertz CT molecular complexity index is 1020. The number of nitrogens with zero attached hydrogens (tertiary/aromatic N) is 1. The topological polar surface area (TPSA) is 58.6 Å². The molecule has 1 fully saturated rings. The summed E-state index contributed by atoms with van der Waals surface area (Å²) < 4.78 is 5.88. The van der Waals surface area contributed by atoms with Gasteiger partial charge in [-0.15, -0.1) is 0 Å². The first-order chi connectivity index (χ1) is 14.9. The molecule has 2 amide bonds. The number of carbonyl (C=O) groups is 2. The van der Waals surface area contributed by atoms with Crippen LogP contribution in [0.5, 0.6) is 5.75 Å². The van der Waals surface area contributed by atoms with E-state index in [4.69, 9.17) is 16.3 Å². The quantitative estimate of drug-likeness (QED) is 0.679. The first kappa shape index (κ1) is 21.4. The van der Waals surface area contributed by atoms with Gasteiger partial charge in [0.15, 0.2) is 11.5 Å². The van der Waals surface area contributed by atoms with E-state index in [1.165, 1.54) is 11.3 Å². The SMILES string of the molecule is C[C@H]1[C@H](C)CCC[C@H]1NC(=O)CN1C(=O)/C(=C\c2ccccc2Cl)Oc2ccccc21. The number of anilines is 1. The zero-order valence-corrected chi connectivity index (χ0v) is 18.6. The van der Waals surface area contributed by atoms with E-state index in [-0.39, 0.29) is 30.2 Å². The number of amides is 2. The number of rotatable bonds is 4. The van der Waals surface area contributed by atoms with Crippen LogP contribution in [0.15, 0.2) is 54.3 Å². The van der Waals surface area contributed by atoms with Crippen molar-refractivity contribution in [2.24, 2.45) is 11.8 Å². The van der Waals surface area contributed by atoms with Crippen molar-refractivity contribution >= 4 is 35.2 Å². The molecule has 2 aromatic rings. The maximum atomic E-state index is 13.3. The fourth-order valence-corrected chi connectivity index (χ4v) is 4.52. The molecular formula is C25H27ClN2O3. The van der Waals surface area contributed by atoms with Crippen molar-refractivity contribution in [3.8, 4) is 5.75 Å². The predicted octanol–water partition coefficient (Wildman–Crippen LogP) is 5.05. The number of benzene rings is 2. The second-order valence-electron chi connectivity index (χ2n) is 8.43. The van der Waals surface area contributed by atoms with E-state index in [9.17, 15) is 9.59 Å². The van der Waals surface area contributed by atoms with E-state index in [2.05, 4.69) is 19.2 Å². The monoisotopic (exact) mass is 438 g/mol. The lowest BCUT2D eigenvalue weighted by Gasteiger charge is -2.35. The van der Waals surface area contributed by atoms with Crippen molar-refractivity contribution in [1.29, 1.82) is 0 Å². The Labute approximate surface area is 188 Å². The largest absolute Gasteiger partial charge is 0.449 e. The molecule has 6 heteroatoms. The van der Waals surface area contributed by atoms with Crippen molar-refractivity contribution in [2.75, 3.05) is 11.4 Å². The third kappa shape index (κ3) is 4.62. The molecule has 1 N–H and O–H groups in total. The van der Waals surface area contributed by atoms with Gasteiger partial charge in [0.2, 0.25) is 5.91 Å². The zero-order chi connectivity index (χ0) is 22.0. The first-order valence-corrected chi connectivity index (χ1v) is 11.2. The van der Waals surface area contributed by atoms with Gasteiger partial charge in [-0.05, 0) is 48.1 Å². The molecule has 0 radical (unpaired) electrons. The molecule has 0 aromatic heterocycles. The summed E-state index contributed by atoms with van der Waals surface area (Å²) in [5.74, 6) is 1.15. The number of carbonyl (C=O) groups excluding carboxylic acids is 2. The normalized spacial score (nSPS) is 24.5. The average molecular weight is 439 g/mol. The molecule has 5 nitrogen and oxygen atoms in total. The van der Waals surface area contributed by atoms with E-state index in [0.717, 1.165) is 12.8 Å². The van der Waals surface area contributed by atoms with Crippen LogP contribution >= 0.6 is 11.6 Å². The fourth-order valence-electron chi connectivity index (χ4n) is 4.33. The molecule has 31 heavy (non-hydrogen) atoms.